The van der Waals surface area contributed by atoms with Crippen molar-refractivity contribution in [3.63, 3.8) is 0 Å². The minimum absolute atomic E-state index is 0. The molecule has 0 aromatic carbocycles. The van der Waals surface area contributed by atoms with Crippen LogP contribution in [-0.2, 0) is 30.7 Å². The Morgan fingerprint density at radius 2 is 0.556 bits per heavy atom. The Hall–Kier alpha value is 3.67. The van der Waals surface area contributed by atoms with E-state index in [1.165, 1.54) is 0 Å². The van der Waals surface area contributed by atoms with Crippen LogP contribution in [0.4, 0.5) is 0 Å². The summed E-state index contributed by atoms with van der Waals surface area (Å²) in [5, 5.41) is 0. The molecule has 0 atom stereocenters. The van der Waals surface area contributed by atoms with E-state index in [0.29, 0.717) is 0 Å². The quantitative estimate of drug-likeness (QED) is 0.384. The van der Waals surface area contributed by atoms with E-state index in [1.807, 2.05) is 0 Å². The van der Waals surface area contributed by atoms with E-state index in [9.17, 15) is 0 Å². The average Bonchev–Trinajstić information content (AvgIpc) is 0. The van der Waals surface area contributed by atoms with Gasteiger partial charge in [0.1, 0.15) is 0 Å². The van der Waals surface area contributed by atoms with Crippen molar-refractivity contribution in [2.24, 2.45) is 0 Å². The van der Waals surface area contributed by atoms with Crippen molar-refractivity contribution in [3.05, 3.63) is 0 Å². The van der Waals surface area contributed by atoms with Gasteiger partial charge in [-0.15, -0.1) is 0 Å². The van der Waals surface area contributed by atoms with Gasteiger partial charge in [0, 0.05) is 0 Å². The molecule has 0 aliphatic rings. The summed E-state index contributed by atoms with van der Waals surface area (Å²) >= 11 is 0. The Bertz CT molecular complexity index is 11.0. The van der Waals surface area contributed by atoms with E-state index >= 15 is 0 Å². The predicted octanol–water partition coefficient (Wildman–Crippen LogP) is -8.24. The van der Waals surface area contributed by atoms with Crippen LogP contribution in [0.25, 0.3) is 0 Å². The third-order valence-corrected chi connectivity index (χ3v) is 0. The van der Waals surface area contributed by atoms with Crippen LogP contribution in [0.5, 0.6) is 0 Å². The summed E-state index contributed by atoms with van der Waals surface area (Å²) < 4.78 is 0. The van der Waals surface area contributed by atoms with Crippen LogP contribution in [0.1, 0.15) is 0 Å². The molecule has 0 bridgehead atoms. The van der Waals surface area contributed by atoms with E-state index in [2.05, 4.69) is 0 Å². The Kier molecular flexibility index (Phi) is 1400. The standard InChI is InChI=1S/2K.4H2O.2O.Os/h;;4*1H2;;;/q2*+1;;;;;2*-2;+4/p-2. The monoisotopic (exact) mass is 372 g/mol. The summed E-state index contributed by atoms with van der Waals surface area (Å²) in [4.78, 5) is 0. The molecule has 0 aliphatic carbocycles. The maximum absolute atomic E-state index is 0. The van der Waals surface area contributed by atoms with Gasteiger partial charge in [-0.05, 0) is 0 Å². The third-order valence-electron chi connectivity index (χ3n) is 0. The van der Waals surface area contributed by atoms with Gasteiger partial charge in [-0.25, -0.2) is 0 Å². The molecular formula is H6K2O6Os. The topological polar surface area (TPSA) is 180 Å². The molecule has 9 heavy (non-hydrogen) atoms. The molecule has 0 aromatic heterocycles. The fourth-order valence-corrected chi connectivity index (χ4v) is 0. The summed E-state index contributed by atoms with van der Waals surface area (Å²) in [5.41, 5.74) is 0. The minimum Gasteiger partial charge on any atom is -2.00 e. The first kappa shape index (κ1) is 128. The van der Waals surface area contributed by atoms with Crippen LogP contribution in [0.15, 0.2) is 0 Å². The van der Waals surface area contributed by atoms with Crippen LogP contribution in [0.2, 0.25) is 0 Å². The van der Waals surface area contributed by atoms with Crippen molar-refractivity contribution < 1.29 is 155 Å². The molecule has 6 N–H and O–H groups in total. The van der Waals surface area contributed by atoms with Gasteiger partial charge in [-0.3, -0.25) is 0 Å². The zero-order chi connectivity index (χ0) is 0. The summed E-state index contributed by atoms with van der Waals surface area (Å²) in [5.74, 6) is 0. The number of rotatable bonds is 0. The van der Waals surface area contributed by atoms with Crippen LogP contribution >= 0.6 is 0 Å². The van der Waals surface area contributed by atoms with Gasteiger partial charge in [-0.1, -0.05) is 0 Å². The minimum atomic E-state index is 0. The molecule has 0 unspecified atom stereocenters. The molecule has 0 saturated carbocycles. The van der Waals surface area contributed by atoms with Gasteiger partial charge >= 0.3 is 123 Å². The largest absolute Gasteiger partial charge is 4.00 e. The first-order valence-electron chi connectivity index (χ1n) is 0. The van der Waals surface area contributed by atoms with Gasteiger partial charge in [-0.2, -0.15) is 0 Å². The fourth-order valence-electron chi connectivity index (χ4n) is 0. The number of hydrogen-bond donors (Lipinski definition) is 0. The number of hydrogen-bond acceptors (Lipinski definition) is 2. The zero-order valence-corrected chi connectivity index (χ0v) is 13.9. The van der Waals surface area contributed by atoms with Crippen molar-refractivity contribution >= 4 is 0 Å². The van der Waals surface area contributed by atoms with E-state index in [-0.39, 0.29) is 155 Å². The van der Waals surface area contributed by atoms with E-state index in [4.69, 9.17) is 0 Å². The fraction of sp³-hybridized carbons (Fsp3) is 0. The predicted molar refractivity (Wildman–Crippen MR) is 12.5 cm³/mol. The molecule has 0 spiro atoms. The zero-order valence-electron chi connectivity index (χ0n) is 5.06. The summed E-state index contributed by atoms with van der Waals surface area (Å²) in [7, 11) is 0. The van der Waals surface area contributed by atoms with Gasteiger partial charge in [0.15, 0.2) is 0 Å². The maximum atomic E-state index is 0. The summed E-state index contributed by atoms with van der Waals surface area (Å²) in [6.07, 6.45) is 0. The van der Waals surface area contributed by atoms with Gasteiger partial charge in [0.05, 0.1) is 0 Å². The van der Waals surface area contributed by atoms with E-state index in [1.54, 1.807) is 0 Å². The van der Waals surface area contributed by atoms with Crippen LogP contribution in [-0.4, -0.2) is 21.9 Å². The molecular weight excluding hydrogens is 364 g/mol. The molecule has 0 saturated heterocycles. The van der Waals surface area contributed by atoms with Crippen molar-refractivity contribution in [1.29, 1.82) is 0 Å². The Balaban J connectivity index is 0. The Morgan fingerprint density at radius 1 is 0.556 bits per heavy atom. The van der Waals surface area contributed by atoms with Crippen molar-refractivity contribution in [2.45, 2.75) is 0 Å². The molecule has 0 heterocycles. The van der Waals surface area contributed by atoms with Gasteiger partial charge in [0.2, 0.25) is 0 Å². The van der Waals surface area contributed by atoms with Crippen molar-refractivity contribution in [1.82, 2.24) is 0 Å². The summed E-state index contributed by atoms with van der Waals surface area (Å²) in [6.45, 7) is 0. The smallest absolute Gasteiger partial charge is 2.00 e. The van der Waals surface area contributed by atoms with Crippen LogP contribution < -0.4 is 103 Å². The van der Waals surface area contributed by atoms with E-state index in [0.717, 1.165) is 0 Å². The Morgan fingerprint density at radius 3 is 0.556 bits per heavy atom. The van der Waals surface area contributed by atoms with Crippen molar-refractivity contribution in [3.8, 4) is 0 Å². The second-order valence-corrected chi connectivity index (χ2v) is 0. The van der Waals surface area contributed by atoms with Gasteiger partial charge < -0.3 is 32.9 Å². The molecule has 52 valence electrons. The van der Waals surface area contributed by atoms with Crippen molar-refractivity contribution in [2.75, 3.05) is 0 Å². The first-order chi connectivity index (χ1) is 0. The van der Waals surface area contributed by atoms with E-state index < -0.39 is 0 Å². The maximum Gasteiger partial charge on any atom is 4.00 e. The molecule has 0 fully saturated rings. The van der Waals surface area contributed by atoms with Crippen LogP contribution in [0, 0.1) is 0 Å². The first-order valence-corrected chi connectivity index (χ1v) is 0. The third kappa shape index (κ3) is 81.0. The normalized spacial score (nSPS) is 0. The summed E-state index contributed by atoms with van der Waals surface area (Å²) in [6, 6.07) is 0. The van der Waals surface area contributed by atoms with Gasteiger partial charge in [0.25, 0.3) is 0 Å². The second kappa shape index (κ2) is 98.7. The molecule has 0 aromatic rings. The average molecular weight is 370 g/mol. The second-order valence-electron chi connectivity index (χ2n) is 0. The molecule has 0 radical (unpaired) electrons. The molecule has 9 heteroatoms. The van der Waals surface area contributed by atoms with Crippen LogP contribution in [0.3, 0.4) is 0 Å². The molecule has 0 aliphatic heterocycles. The molecule has 6 nitrogen and oxygen atoms in total. The Labute approximate surface area is 151 Å². The SMILES string of the molecule is O.O.[K+].[K+].[O-2].[O-2].[OH-].[OH-].[Os+4]. The molecule has 0 rings (SSSR count). The molecule has 0 amide bonds.